The SMILES string of the molecule is NC(=O)C1CCCCN1c1ccc([N+](=O)[O-])c(I)c1. The van der Waals surface area contributed by atoms with E-state index in [1.807, 2.05) is 27.5 Å². The van der Waals surface area contributed by atoms with Crippen molar-refractivity contribution in [3.8, 4) is 0 Å². The van der Waals surface area contributed by atoms with Crippen molar-refractivity contribution >= 4 is 39.9 Å². The van der Waals surface area contributed by atoms with E-state index in [2.05, 4.69) is 0 Å². The predicted octanol–water partition coefficient (Wildman–Crippen LogP) is 2.04. The summed E-state index contributed by atoms with van der Waals surface area (Å²) in [5.74, 6) is -0.340. The second-order valence-electron chi connectivity index (χ2n) is 4.50. The van der Waals surface area contributed by atoms with E-state index in [1.54, 1.807) is 12.1 Å². The maximum absolute atomic E-state index is 11.5. The van der Waals surface area contributed by atoms with Crippen LogP contribution in [0, 0.1) is 13.7 Å². The molecule has 0 radical (unpaired) electrons. The van der Waals surface area contributed by atoms with Crippen LogP contribution in [0.25, 0.3) is 0 Å². The van der Waals surface area contributed by atoms with Crippen LogP contribution in [0.1, 0.15) is 19.3 Å². The summed E-state index contributed by atoms with van der Waals surface area (Å²) >= 11 is 1.94. The van der Waals surface area contributed by atoms with Crippen LogP contribution in [0.2, 0.25) is 0 Å². The van der Waals surface area contributed by atoms with Gasteiger partial charge in [-0.1, -0.05) is 0 Å². The highest BCUT2D eigenvalue weighted by atomic mass is 127. The van der Waals surface area contributed by atoms with Gasteiger partial charge in [0.15, 0.2) is 0 Å². The molecule has 1 aromatic carbocycles. The van der Waals surface area contributed by atoms with Crippen LogP contribution in [-0.2, 0) is 4.79 Å². The van der Waals surface area contributed by atoms with Gasteiger partial charge in [-0.3, -0.25) is 14.9 Å². The number of nitro groups is 1. The molecule has 7 heteroatoms. The molecular formula is C12H14IN3O3. The molecule has 1 aliphatic heterocycles. The molecule has 19 heavy (non-hydrogen) atoms. The van der Waals surface area contributed by atoms with Crippen LogP contribution < -0.4 is 10.6 Å². The number of halogens is 1. The first kappa shape index (κ1) is 14.0. The smallest absolute Gasteiger partial charge is 0.282 e. The Morgan fingerprint density at radius 3 is 2.79 bits per heavy atom. The first-order valence-electron chi connectivity index (χ1n) is 6.00. The normalized spacial score (nSPS) is 19.2. The summed E-state index contributed by atoms with van der Waals surface area (Å²) < 4.78 is 0.564. The summed E-state index contributed by atoms with van der Waals surface area (Å²) in [5.41, 5.74) is 6.32. The van der Waals surface area contributed by atoms with Gasteiger partial charge in [0.05, 0.1) is 8.49 Å². The lowest BCUT2D eigenvalue weighted by Gasteiger charge is -2.35. The predicted molar refractivity (Wildman–Crippen MR) is 80.0 cm³/mol. The fraction of sp³-hybridized carbons (Fsp3) is 0.417. The minimum atomic E-state index is -0.409. The second kappa shape index (κ2) is 5.72. The van der Waals surface area contributed by atoms with E-state index in [4.69, 9.17) is 5.73 Å². The van der Waals surface area contributed by atoms with Crippen molar-refractivity contribution in [2.45, 2.75) is 25.3 Å². The number of nitrogens with two attached hydrogens (primary N) is 1. The number of primary amides is 1. The number of nitrogens with zero attached hydrogens (tertiary/aromatic N) is 2. The van der Waals surface area contributed by atoms with Gasteiger partial charge in [0.1, 0.15) is 6.04 Å². The van der Waals surface area contributed by atoms with Crippen LogP contribution in [-0.4, -0.2) is 23.4 Å². The van der Waals surface area contributed by atoms with E-state index >= 15 is 0 Å². The van der Waals surface area contributed by atoms with E-state index in [0.717, 1.165) is 31.5 Å². The summed E-state index contributed by atoms with van der Waals surface area (Å²) in [6, 6.07) is 4.58. The third kappa shape index (κ3) is 2.96. The maximum atomic E-state index is 11.5. The Kier molecular flexibility index (Phi) is 4.23. The van der Waals surface area contributed by atoms with Crippen molar-refractivity contribution in [3.63, 3.8) is 0 Å². The third-order valence-electron chi connectivity index (χ3n) is 3.29. The number of rotatable bonds is 3. The zero-order valence-electron chi connectivity index (χ0n) is 10.2. The highest BCUT2D eigenvalue weighted by Crippen LogP contribution is 2.30. The van der Waals surface area contributed by atoms with Crippen LogP contribution in [0.15, 0.2) is 18.2 Å². The Labute approximate surface area is 124 Å². The molecule has 2 N–H and O–H groups in total. The zero-order chi connectivity index (χ0) is 14.0. The number of carbonyl (C=O) groups excluding carboxylic acids is 1. The Balaban J connectivity index is 2.32. The molecule has 0 spiro atoms. The number of hydrogen-bond acceptors (Lipinski definition) is 4. The minimum absolute atomic E-state index is 0.0805. The summed E-state index contributed by atoms with van der Waals surface area (Å²) in [5, 5.41) is 10.8. The molecular weight excluding hydrogens is 361 g/mol. The van der Waals surface area contributed by atoms with Gasteiger partial charge in [-0.25, -0.2) is 0 Å². The van der Waals surface area contributed by atoms with Crippen molar-refractivity contribution in [2.24, 2.45) is 5.73 Å². The molecule has 0 saturated carbocycles. The van der Waals surface area contributed by atoms with Crippen LogP contribution >= 0.6 is 22.6 Å². The number of nitro benzene ring substituents is 1. The van der Waals surface area contributed by atoms with Crippen LogP contribution in [0.3, 0.4) is 0 Å². The topological polar surface area (TPSA) is 89.5 Å². The summed E-state index contributed by atoms with van der Waals surface area (Å²) in [4.78, 5) is 23.8. The highest BCUT2D eigenvalue weighted by Gasteiger charge is 2.27. The molecule has 1 unspecified atom stereocenters. The molecule has 1 fully saturated rings. The molecule has 2 rings (SSSR count). The average Bonchev–Trinajstić information content (AvgIpc) is 2.38. The summed E-state index contributed by atoms with van der Waals surface area (Å²) in [6.45, 7) is 0.751. The number of carbonyl (C=O) groups is 1. The third-order valence-corrected chi connectivity index (χ3v) is 4.15. The van der Waals surface area contributed by atoms with E-state index < -0.39 is 4.92 Å². The van der Waals surface area contributed by atoms with Gasteiger partial charge in [-0.15, -0.1) is 0 Å². The first-order chi connectivity index (χ1) is 9.00. The van der Waals surface area contributed by atoms with Crippen molar-refractivity contribution in [2.75, 3.05) is 11.4 Å². The summed E-state index contributed by atoms with van der Waals surface area (Å²) in [6.07, 6.45) is 2.72. The van der Waals surface area contributed by atoms with Crippen molar-refractivity contribution < 1.29 is 9.72 Å². The number of piperidine rings is 1. The van der Waals surface area contributed by atoms with Gasteiger partial charge >= 0.3 is 0 Å². The fourth-order valence-corrected chi connectivity index (χ4v) is 3.05. The standard InChI is InChI=1S/C12H14IN3O3/c13-9-7-8(4-5-10(9)16(18)19)15-6-2-1-3-11(15)12(14)17/h4-5,7,11H,1-3,6H2,(H2,14,17). The Hall–Kier alpha value is -1.38. The lowest BCUT2D eigenvalue weighted by atomic mass is 10.0. The van der Waals surface area contributed by atoms with Crippen molar-refractivity contribution in [3.05, 3.63) is 31.9 Å². The molecule has 1 aromatic rings. The van der Waals surface area contributed by atoms with Gasteiger partial charge in [0.2, 0.25) is 5.91 Å². The monoisotopic (exact) mass is 375 g/mol. The molecule has 102 valence electrons. The highest BCUT2D eigenvalue weighted by molar-refractivity contribution is 14.1. The van der Waals surface area contributed by atoms with Crippen LogP contribution in [0.4, 0.5) is 11.4 Å². The molecule has 1 atom stereocenters. The molecule has 1 amide bonds. The van der Waals surface area contributed by atoms with Crippen molar-refractivity contribution in [1.82, 2.24) is 0 Å². The summed E-state index contributed by atoms with van der Waals surface area (Å²) in [7, 11) is 0. The van der Waals surface area contributed by atoms with Gasteiger partial charge < -0.3 is 10.6 Å². The molecule has 0 bridgehead atoms. The Bertz CT molecular complexity index is 521. The van der Waals surface area contributed by atoms with Gasteiger partial charge in [-0.05, 0) is 54.0 Å². The van der Waals surface area contributed by atoms with E-state index in [0.29, 0.717) is 3.57 Å². The quantitative estimate of drug-likeness (QED) is 0.498. The largest absolute Gasteiger partial charge is 0.368 e. The van der Waals surface area contributed by atoms with Crippen molar-refractivity contribution in [1.29, 1.82) is 0 Å². The maximum Gasteiger partial charge on any atom is 0.282 e. The molecule has 0 aliphatic carbocycles. The molecule has 1 aliphatic rings. The Morgan fingerprint density at radius 2 is 2.21 bits per heavy atom. The molecule has 0 aromatic heterocycles. The lowest BCUT2D eigenvalue weighted by molar-refractivity contribution is -0.385. The van der Waals surface area contributed by atoms with Crippen LogP contribution in [0.5, 0.6) is 0 Å². The first-order valence-corrected chi connectivity index (χ1v) is 7.08. The van der Waals surface area contributed by atoms with Gasteiger partial charge in [0.25, 0.3) is 5.69 Å². The van der Waals surface area contributed by atoms with E-state index in [1.165, 1.54) is 6.07 Å². The molecule has 1 heterocycles. The number of benzene rings is 1. The van der Waals surface area contributed by atoms with Gasteiger partial charge in [0, 0.05) is 18.3 Å². The zero-order valence-corrected chi connectivity index (χ0v) is 12.4. The minimum Gasteiger partial charge on any atom is -0.368 e. The van der Waals surface area contributed by atoms with Gasteiger partial charge in [-0.2, -0.15) is 0 Å². The van der Waals surface area contributed by atoms with E-state index in [9.17, 15) is 14.9 Å². The number of amides is 1. The molecule has 1 saturated heterocycles. The Morgan fingerprint density at radius 1 is 1.47 bits per heavy atom. The molecule has 6 nitrogen and oxygen atoms in total. The average molecular weight is 375 g/mol. The lowest BCUT2D eigenvalue weighted by Crippen LogP contribution is -2.47. The number of hydrogen-bond donors (Lipinski definition) is 1. The second-order valence-corrected chi connectivity index (χ2v) is 5.66. The van der Waals surface area contributed by atoms with E-state index in [-0.39, 0.29) is 17.6 Å². The number of anilines is 1. The fourth-order valence-electron chi connectivity index (χ4n) is 2.36.